The van der Waals surface area contributed by atoms with E-state index in [0.717, 1.165) is 31.4 Å². The van der Waals surface area contributed by atoms with Crippen LogP contribution >= 0.6 is 17.0 Å². The van der Waals surface area contributed by atoms with Crippen LogP contribution in [0.2, 0.25) is 0 Å². The van der Waals surface area contributed by atoms with Crippen LogP contribution in [0.4, 0.5) is 0 Å². The normalized spacial score (nSPS) is 24.3. The van der Waals surface area contributed by atoms with E-state index in [1.807, 2.05) is 6.07 Å². The molecule has 2 atom stereocenters. The van der Waals surface area contributed by atoms with Gasteiger partial charge in [-0.3, -0.25) is 0 Å². The molecule has 0 saturated carbocycles. The summed E-state index contributed by atoms with van der Waals surface area (Å²) in [5.74, 6) is 0.728. The maximum atomic E-state index is 10.8. The predicted octanol–water partition coefficient (Wildman–Crippen LogP) is 5.70. The highest BCUT2D eigenvalue weighted by Gasteiger charge is 2.41. The molecule has 0 saturated heterocycles. The zero-order valence-electron chi connectivity index (χ0n) is 16.0. The van der Waals surface area contributed by atoms with Crippen molar-refractivity contribution in [2.45, 2.75) is 38.5 Å². The first kappa shape index (κ1) is 20.6. The van der Waals surface area contributed by atoms with E-state index in [1.165, 1.54) is 11.1 Å². The molecule has 2 unspecified atom stereocenters. The van der Waals surface area contributed by atoms with Crippen LogP contribution in [0.25, 0.3) is 0 Å². The van der Waals surface area contributed by atoms with Crippen molar-refractivity contribution in [3.05, 3.63) is 77.6 Å². The van der Waals surface area contributed by atoms with Gasteiger partial charge in [0.25, 0.3) is 0 Å². The topological polar surface area (TPSA) is 23.5 Å². The molecule has 0 amide bonds. The molecule has 1 aromatic rings. The van der Waals surface area contributed by atoms with Crippen molar-refractivity contribution in [1.82, 2.24) is 4.90 Å². The molecule has 0 radical (unpaired) electrons. The molecule has 1 aliphatic heterocycles. The van der Waals surface area contributed by atoms with Crippen LogP contribution in [0.3, 0.4) is 0 Å². The van der Waals surface area contributed by atoms with Crippen molar-refractivity contribution in [2.75, 3.05) is 13.6 Å². The van der Waals surface area contributed by atoms with Crippen molar-refractivity contribution in [1.29, 1.82) is 0 Å². The molecule has 140 valence electrons. The third-order valence-electron chi connectivity index (χ3n) is 5.47. The first-order valence-corrected chi connectivity index (χ1v) is 9.39. The summed E-state index contributed by atoms with van der Waals surface area (Å²) in [6.45, 7) is 5.33. The second-order valence-corrected chi connectivity index (χ2v) is 7.14. The second-order valence-electron chi connectivity index (χ2n) is 7.14. The van der Waals surface area contributed by atoms with E-state index in [9.17, 15) is 5.11 Å². The molecule has 0 fully saturated rings. The fraction of sp³-hybridized carbons (Fsp3) is 0.391. The van der Waals surface area contributed by atoms with Gasteiger partial charge < -0.3 is 10.0 Å². The van der Waals surface area contributed by atoms with Gasteiger partial charge in [-0.25, -0.2) is 0 Å². The van der Waals surface area contributed by atoms with Crippen LogP contribution < -0.4 is 0 Å². The van der Waals surface area contributed by atoms with Gasteiger partial charge in [-0.1, -0.05) is 62.8 Å². The monoisotopic (exact) mass is 415 g/mol. The van der Waals surface area contributed by atoms with Gasteiger partial charge in [-0.05, 0) is 48.2 Å². The van der Waals surface area contributed by atoms with Gasteiger partial charge >= 0.3 is 0 Å². The molecule has 3 rings (SSSR count). The maximum absolute atomic E-state index is 10.8. The number of phenols is 1. The lowest BCUT2D eigenvalue weighted by atomic mass is 9.62. The Labute approximate surface area is 168 Å². The van der Waals surface area contributed by atoms with Gasteiger partial charge in [-0.15, -0.1) is 17.0 Å². The van der Waals surface area contributed by atoms with Crippen LogP contribution in [0.1, 0.15) is 37.8 Å². The Morgan fingerprint density at radius 3 is 2.69 bits per heavy atom. The minimum absolute atomic E-state index is 0. The Morgan fingerprint density at radius 2 is 2.04 bits per heavy atom. The van der Waals surface area contributed by atoms with Gasteiger partial charge in [0.05, 0.1) is 0 Å². The SMILES string of the molecule is Br.CCCc1ccc(O)c(C2(C3=CCN(C)C=C3)C=CC=CC2CC)c1. The molecular weight excluding hydrogens is 386 g/mol. The van der Waals surface area contributed by atoms with E-state index in [-0.39, 0.29) is 22.4 Å². The van der Waals surface area contributed by atoms with Crippen LogP contribution in [-0.4, -0.2) is 23.6 Å². The summed E-state index contributed by atoms with van der Waals surface area (Å²) in [5.41, 5.74) is 3.31. The van der Waals surface area contributed by atoms with Crippen LogP contribution in [-0.2, 0) is 11.8 Å². The lowest BCUT2D eigenvalue weighted by molar-refractivity contribution is 0.399. The summed E-state index contributed by atoms with van der Waals surface area (Å²) >= 11 is 0. The van der Waals surface area contributed by atoms with Crippen LogP contribution in [0.5, 0.6) is 5.75 Å². The first-order valence-electron chi connectivity index (χ1n) is 9.39. The molecule has 1 aliphatic carbocycles. The van der Waals surface area contributed by atoms with Gasteiger partial charge in [0, 0.05) is 24.6 Å². The average molecular weight is 416 g/mol. The largest absolute Gasteiger partial charge is 0.508 e. The number of halogens is 1. The minimum atomic E-state index is -0.297. The van der Waals surface area contributed by atoms with Gasteiger partial charge in [0.15, 0.2) is 0 Å². The summed E-state index contributed by atoms with van der Waals surface area (Å²) in [4.78, 5) is 2.17. The zero-order chi connectivity index (χ0) is 17.9. The molecule has 26 heavy (non-hydrogen) atoms. The van der Waals surface area contributed by atoms with Crippen molar-refractivity contribution in [2.24, 2.45) is 5.92 Å². The Kier molecular flexibility index (Phi) is 6.94. The Morgan fingerprint density at radius 1 is 1.23 bits per heavy atom. The number of benzene rings is 1. The standard InChI is InChI=1S/C23H29NO.BrH/c1-4-8-18-10-11-22(25)21(17-18)23(14-7-6-9-19(23)5-2)20-12-15-24(3)16-13-20;/h6-7,9-15,17,19,25H,4-5,8,16H2,1-3H3;1H. The van der Waals surface area contributed by atoms with E-state index < -0.39 is 0 Å². The van der Waals surface area contributed by atoms with Crippen molar-refractivity contribution < 1.29 is 5.11 Å². The lowest BCUT2D eigenvalue weighted by Gasteiger charge is -2.42. The highest BCUT2D eigenvalue weighted by Crippen LogP contribution is 2.49. The van der Waals surface area contributed by atoms with E-state index in [0.29, 0.717) is 11.7 Å². The molecule has 0 spiro atoms. The smallest absolute Gasteiger partial charge is 0.120 e. The van der Waals surface area contributed by atoms with E-state index in [1.54, 1.807) is 0 Å². The number of aryl methyl sites for hydroxylation is 1. The first-order chi connectivity index (χ1) is 12.1. The Balaban J connectivity index is 0.00000243. The number of hydrogen-bond acceptors (Lipinski definition) is 2. The molecule has 1 N–H and O–H groups in total. The number of allylic oxidation sites excluding steroid dienone is 6. The van der Waals surface area contributed by atoms with E-state index in [2.05, 4.69) is 80.6 Å². The Bertz CT molecular complexity index is 747. The quantitative estimate of drug-likeness (QED) is 0.666. The van der Waals surface area contributed by atoms with Crippen molar-refractivity contribution in [3.8, 4) is 5.75 Å². The molecule has 0 aromatic heterocycles. The second kappa shape index (κ2) is 8.77. The molecule has 0 bridgehead atoms. The minimum Gasteiger partial charge on any atom is -0.508 e. The zero-order valence-corrected chi connectivity index (χ0v) is 17.7. The molecular formula is C23H30BrNO. The van der Waals surface area contributed by atoms with E-state index in [4.69, 9.17) is 0 Å². The third-order valence-corrected chi connectivity index (χ3v) is 5.47. The number of aromatic hydroxyl groups is 1. The van der Waals surface area contributed by atoms with Gasteiger partial charge in [-0.2, -0.15) is 0 Å². The number of hydrogen-bond donors (Lipinski definition) is 1. The van der Waals surface area contributed by atoms with E-state index >= 15 is 0 Å². The van der Waals surface area contributed by atoms with Crippen LogP contribution in [0.15, 0.2) is 66.4 Å². The Hall–Kier alpha value is -1.74. The third kappa shape index (κ3) is 3.68. The molecule has 2 nitrogen and oxygen atoms in total. The average Bonchev–Trinajstić information content (AvgIpc) is 2.64. The summed E-state index contributed by atoms with van der Waals surface area (Å²) < 4.78 is 0. The highest BCUT2D eigenvalue weighted by molar-refractivity contribution is 8.93. The summed E-state index contributed by atoms with van der Waals surface area (Å²) in [7, 11) is 2.09. The van der Waals surface area contributed by atoms with Gasteiger partial charge in [0.1, 0.15) is 5.75 Å². The fourth-order valence-electron chi connectivity index (χ4n) is 4.14. The molecule has 1 aromatic carbocycles. The number of likely N-dealkylation sites (N-methyl/N-ethyl adjacent to an activating group) is 1. The lowest BCUT2D eigenvalue weighted by Crippen LogP contribution is -2.37. The van der Waals surface area contributed by atoms with Crippen molar-refractivity contribution in [3.63, 3.8) is 0 Å². The summed E-state index contributed by atoms with van der Waals surface area (Å²) in [6.07, 6.45) is 18.7. The predicted molar refractivity (Wildman–Crippen MR) is 116 cm³/mol. The molecule has 2 aliphatic rings. The number of rotatable bonds is 5. The highest BCUT2D eigenvalue weighted by atomic mass is 79.9. The fourth-order valence-corrected chi connectivity index (χ4v) is 4.14. The summed E-state index contributed by atoms with van der Waals surface area (Å²) in [5, 5.41) is 10.8. The maximum Gasteiger partial charge on any atom is 0.120 e. The van der Waals surface area contributed by atoms with Crippen LogP contribution in [0, 0.1) is 5.92 Å². The van der Waals surface area contributed by atoms with Crippen molar-refractivity contribution >= 4 is 17.0 Å². The van der Waals surface area contributed by atoms with Gasteiger partial charge in [0.2, 0.25) is 0 Å². The molecule has 3 heteroatoms. The number of phenolic OH excluding ortho intramolecular Hbond substituents is 1. The number of nitrogens with zero attached hydrogens (tertiary/aromatic N) is 1. The summed E-state index contributed by atoms with van der Waals surface area (Å²) in [6, 6.07) is 6.15. The molecule has 1 heterocycles.